The van der Waals surface area contributed by atoms with Gasteiger partial charge in [0.2, 0.25) is 0 Å². The summed E-state index contributed by atoms with van der Waals surface area (Å²) in [6, 6.07) is 11.6. The van der Waals surface area contributed by atoms with Gasteiger partial charge < -0.3 is 15.8 Å². The van der Waals surface area contributed by atoms with Crippen molar-refractivity contribution in [1.82, 2.24) is 9.97 Å². The van der Waals surface area contributed by atoms with Crippen LogP contribution in [0, 0.1) is 0 Å². The topological polar surface area (TPSA) is 73.1 Å². The molecule has 0 saturated heterocycles. The van der Waals surface area contributed by atoms with E-state index in [2.05, 4.69) is 15.3 Å². The van der Waals surface area contributed by atoms with E-state index in [-0.39, 0.29) is 0 Å². The van der Waals surface area contributed by atoms with E-state index in [9.17, 15) is 0 Å². The van der Waals surface area contributed by atoms with Crippen molar-refractivity contribution in [3.8, 4) is 11.4 Å². The second kappa shape index (κ2) is 8.21. The number of nitrogens with zero attached hydrogens (tertiary/aromatic N) is 2. The van der Waals surface area contributed by atoms with Crippen LogP contribution in [0.25, 0.3) is 11.4 Å². The first-order valence-electron chi connectivity index (χ1n) is 7.22. The minimum absolute atomic E-state index is 0.478. The molecule has 0 aliphatic rings. The fraction of sp³-hybridized carbons (Fsp3) is 0.375. The first-order chi connectivity index (χ1) is 10.3. The van der Waals surface area contributed by atoms with Gasteiger partial charge in [0.15, 0.2) is 5.82 Å². The summed E-state index contributed by atoms with van der Waals surface area (Å²) in [5, 5.41) is 3.30. The highest BCUT2D eigenvalue weighted by molar-refractivity contribution is 5.60. The highest BCUT2D eigenvalue weighted by Crippen LogP contribution is 2.18. The molecule has 0 spiro atoms. The maximum atomic E-state index is 5.86. The Morgan fingerprint density at radius 3 is 2.67 bits per heavy atom. The molecule has 21 heavy (non-hydrogen) atoms. The number of methoxy groups -OCH3 is 1. The maximum Gasteiger partial charge on any atom is 0.163 e. The molecule has 1 heterocycles. The van der Waals surface area contributed by atoms with Crippen LogP contribution in [-0.4, -0.2) is 30.2 Å². The second-order valence-electron chi connectivity index (χ2n) is 4.85. The summed E-state index contributed by atoms with van der Waals surface area (Å²) in [5.74, 6) is 1.90. The molecule has 112 valence electrons. The number of aromatic nitrogens is 2. The van der Waals surface area contributed by atoms with Gasteiger partial charge >= 0.3 is 0 Å². The normalized spacial score (nSPS) is 10.5. The van der Waals surface area contributed by atoms with E-state index in [4.69, 9.17) is 10.5 Å². The molecule has 0 bridgehead atoms. The number of unbranched alkanes of at least 4 members (excludes halogenated alkanes) is 2. The van der Waals surface area contributed by atoms with Crippen LogP contribution in [0.3, 0.4) is 0 Å². The Balaban J connectivity index is 1.93. The molecule has 0 radical (unpaired) electrons. The number of rotatable bonds is 8. The lowest BCUT2D eigenvalue weighted by molar-refractivity contribution is 0.192. The van der Waals surface area contributed by atoms with Crippen LogP contribution in [0.5, 0.6) is 0 Å². The van der Waals surface area contributed by atoms with Gasteiger partial charge in [-0.05, 0) is 19.3 Å². The summed E-state index contributed by atoms with van der Waals surface area (Å²) in [4.78, 5) is 8.79. The van der Waals surface area contributed by atoms with Gasteiger partial charge in [-0.3, -0.25) is 0 Å². The number of benzene rings is 1. The molecule has 0 aliphatic carbocycles. The van der Waals surface area contributed by atoms with E-state index in [0.717, 1.165) is 43.8 Å². The number of hydrogen-bond acceptors (Lipinski definition) is 5. The summed E-state index contributed by atoms with van der Waals surface area (Å²) in [6.45, 7) is 1.69. The predicted octanol–water partition coefficient (Wildman–Crippen LogP) is 2.95. The van der Waals surface area contributed by atoms with E-state index in [1.54, 1.807) is 13.2 Å². The summed E-state index contributed by atoms with van der Waals surface area (Å²) in [7, 11) is 1.73. The van der Waals surface area contributed by atoms with Crippen LogP contribution in [0.1, 0.15) is 19.3 Å². The average Bonchev–Trinajstić information content (AvgIpc) is 2.51. The zero-order chi connectivity index (χ0) is 14.9. The minimum atomic E-state index is 0.478. The number of nitrogens with one attached hydrogen (secondary N) is 1. The molecule has 5 heteroatoms. The molecular weight excluding hydrogens is 264 g/mol. The third-order valence-corrected chi connectivity index (χ3v) is 3.11. The first kappa shape index (κ1) is 15.3. The van der Waals surface area contributed by atoms with Gasteiger partial charge in [-0.1, -0.05) is 30.3 Å². The number of ether oxygens (including phenoxy) is 1. The third kappa shape index (κ3) is 5.04. The van der Waals surface area contributed by atoms with Crippen molar-refractivity contribution in [3.05, 3.63) is 36.4 Å². The molecule has 0 unspecified atom stereocenters. The van der Waals surface area contributed by atoms with E-state index in [1.807, 2.05) is 30.3 Å². The van der Waals surface area contributed by atoms with Gasteiger partial charge in [0.1, 0.15) is 11.6 Å². The third-order valence-electron chi connectivity index (χ3n) is 3.11. The number of nitrogen functional groups attached to an aromatic ring is 1. The van der Waals surface area contributed by atoms with Crippen molar-refractivity contribution in [3.63, 3.8) is 0 Å². The number of anilines is 2. The van der Waals surface area contributed by atoms with Crippen LogP contribution in [0.15, 0.2) is 36.4 Å². The Hall–Kier alpha value is -2.14. The van der Waals surface area contributed by atoms with E-state index in [1.165, 1.54) is 0 Å². The molecule has 3 N–H and O–H groups in total. The molecule has 0 saturated carbocycles. The highest BCUT2D eigenvalue weighted by atomic mass is 16.5. The zero-order valence-electron chi connectivity index (χ0n) is 12.4. The number of hydrogen-bond donors (Lipinski definition) is 2. The molecule has 2 aromatic rings. The first-order valence-corrected chi connectivity index (χ1v) is 7.22. The van der Waals surface area contributed by atoms with Gasteiger partial charge in [-0.15, -0.1) is 0 Å². The zero-order valence-corrected chi connectivity index (χ0v) is 12.4. The van der Waals surface area contributed by atoms with Crippen molar-refractivity contribution < 1.29 is 4.74 Å². The molecule has 1 aromatic heterocycles. The van der Waals surface area contributed by atoms with Crippen molar-refractivity contribution in [1.29, 1.82) is 0 Å². The standard InChI is InChI=1S/C16H22N4O/c1-21-11-7-3-6-10-18-15-12-14(17)19-16(20-15)13-8-4-2-5-9-13/h2,4-5,8-9,12H,3,6-7,10-11H2,1H3,(H3,17,18,19,20). The summed E-state index contributed by atoms with van der Waals surface area (Å²) in [5.41, 5.74) is 6.82. The quantitative estimate of drug-likeness (QED) is 0.730. The lowest BCUT2D eigenvalue weighted by Crippen LogP contribution is -2.06. The molecule has 5 nitrogen and oxygen atoms in total. The largest absolute Gasteiger partial charge is 0.385 e. The van der Waals surface area contributed by atoms with Crippen LogP contribution in [0.2, 0.25) is 0 Å². The fourth-order valence-electron chi connectivity index (χ4n) is 2.04. The monoisotopic (exact) mass is 286 g/mol. The van der Waals surface area contributed by atoms with Gasteiger partial charge in [-0.25, -0.2) is 9.97 Å². The van der Waals surface area contributed by atoms with Crippen LogP contribution in [-0.2, 0) is 4.74 Å². The predicted molar refractivity (Wildman–Crippen MR) is 86.1 cm³/mol. The van der Waals surface area contributed by atoms with Crippen LogP contribution < -0.4 is 11.1 Å². The van der Waals surface area contributed by atoms with Crippen LogP contribution >= 0.6 is 0 Å². The molecule has 0 fully saturated rings. The minimum Gasteiger partial charge on any atom is -0.385 e. The Bertz CT molecular complexity index is 545. The maximum absolute atomic E-state index is 5.86. The Kier molecular flexibility index (Phi) is 5.97. The highest BCUT2D eigenvalue weighted by Gasteiger charge is 2.04. The lowest BCUT2D eigenvalue weighted by atomic mass is 10.2. The average molecular weight is 286 g/mol. The Morgan fingerprint density at radius 1 is 1.10 bits per heavy atom. The summed E-state index contributed by atoms with van der Waals surface area (Å²) >= 11 is 0. The van der Waals surface area contributed by atoms with Crippen molar-refractivity contribution in [2.45, 2.75) is 19.3 Å². The lowest BCUT2D eigenvalue weighted by Gasteiger charge is -2.08. The van der Waals surface area contributed by atoms with Crippen molar-refractivity contribution in [2.75, 3.05) is 31.3 Å². The van der Waals surface area contributed by atoms with Gasteiger partial charge in [0.25, 0.3) is 0 Å². The van der Waals surface area contributed by atoms with Gasteiger partial charge in [0, 0.05) is 31.9 Å². The molecule has 2 rings (SSSR count). The van der Waals surface area contributed by atoms with Crippen LogP contribution in [0.4, 0.5) is 11.6 Å². The molecule has 1 aromatic carbocycles. The smallest absolute Gasteiger partial charge is 0.163 e. The second-order valence-corrected chi connectivity index (χ2v) is 4.85. The number of nitrogens with two attached hydrogens (primary N) is 1. The van der Waals surface area contributed by atoms with Crippen molar-refractivity contribution >= 4 is 11.6 Å². The molecular formula is C16H22N4O. The van der Waals surface area contributed by atoms with Crippen molar-refractivity contribution in [2.24, 2.45) is 0 Å². The molecule has 0 aliphatic heterocycles. The summed E-state index contributed by atoms with van der Waals surface area (Å²) in [6.07, 6.45) is 3.29. The van der Waals surface area contributed by atoms with E-state index in [0.29, 0.717) is 11.6 Å². The fourth-order valence-corrected chi connectivity index (χ4v) is 2.04. The van der Waals surface area contributed by atoms with E-state index >= 15 is 0 Å². The SMILES string of the molecule is COCCCCCNc1cc(N)nc(-c2ccccc2)n1. The van der Waals surface area contributed by atoms with Gasteiger partial charge in [-0.2, -0.15) is 0 Å². The Morgan fingerprint density at radius 2 is 1.90 bits per heavy atom. The Labute approximate surface area is 125 Å². The molecule has 0 atom stereocenters. The summed E-state index contributed by atoms with van der Waals surface area (Å²) < 4.78 is 5.03. The van der Waals surface area contributed by atoms with Gasteiger partial charge in [0.05, 0.1) is 0 Å². The van der Waals surface area contributed by atoms with E-state index < -0.39 is 0 Å². The molecule has 0 amide bonds.